The summed E-state index contributed by atoms with van der Waals surface area (Å²) < 4.78 is 28.5. The molecule has 1 amide bonds. The van der Waals surface area contributed by atoms with Crippen molar-refractivity contribution in [1.82, 2.24) is 10.0 Å². The third-order valence-corrected chi connectivity index (χ3v) is 7.32. The predicted molar refractivity (Wildman–Crippen MR) is 129 cm³/mol. The van der Waals surface area contributed by atoms with E-state index >= 15 is 0 Å². The Bertz CT molecular complexity index is 1220. The van der Waals surface area contributed by atoms with E-state index in [-0.39, 0.29) is 27.9 Å². The number of sulfonamides is 1. The molecular weight excluding hydrogens is 514 g/mol. The topological polar surface area (TPSA) is 75.3 Å². The maximum atomic E-state index is 13.0. The number of halogens is 4. The first-order valence-electron chi connectivity index (χ1n) is 9.38. The van der Waals surface area contributed by atoms with E-state index in [1.165, 1.54) is 18.2 Å². The predicted octanol–water partition coefficient (Wildman–Crippen LogP) is 5.51. The minimum Gasteiger partial charge on any atom is -0.351 e. The van der Waals surface area contributed by atoms with E-state index in [0.29, 0.717) is 15.6 Å². The van der Waals surface area contributed by atoms with Gasteiger partial charge in [0.2, 0.25) is 15.9 Å². The smallest absolute Gasteiger partial charge is 0.242 e. The molecule has 0 saturated carbocycles. The van der Waals surface area contributed by atoms with E-state index in [9.17, 15) is 13.2 Å². The first-order valence-corrected chi connectivity index (χ1v) is 12.4. The second-order valence-corrected chi connectivity index (χ2v) is 10.3. The fraction of sp³-hybridized carbons (Fsp3) is 0.136. The number of rotatable bonds is 8. The molecule has 3 aromatic rings. The molecule has 1 atom stereocenters. The van der Waals surface area contributed by atoms with Crippen LogP contribution in [0.2, 0.25) is 20.1 Å². The van der Waals surface area contributed by atoms with Crippen LogP contribution < -0.4 is 10.0 Å². The molecule has 0 unspecified atom stereocenters. The fourth-order valence-electron chi connectivity index (χ4n) is 2.94. The maximum Gasteiger partial charge on any atom is 0.242 e. The van der Waals surface area contributed by atoms with Crippen molar-refractivity contribution < 1.29 is 13.2 Å². The molecule has 3 aromatic carbocycles. The minimum absolute atomic E-state index is 0.00582. The molecule has 3 rings (SSSR count). The Hall–Kier alpha value is -1.80. The van der Waals surface area contributed by atoms with Gasteiger partial charge in [0.05, 0.1) is 5.02 Å². The van der Waals surface area contributed by atoms with Gasteiger partial charge in [0.1, 0.15) is 10.9 Å². The lowest BCUT2D eigenvalue weighted by molar-refractivity contribution is -0.122. The Morgan fingerprint density at radius 1 is 0.844 bits per heavy atom. The van der Waals surface area contributed by atoms with E-state index in [0.717, 1.165) is 5.56 Å². The van der Waals surface area contributed by atoms with Gasteiger partial charge in [-0.25, -0.2) is 8.42 Å². The molecule has 0 heterocycles. The monoisotopic (exact) mass is 530 g/mol. The molecule has 168 valence electrons. The summed E-state index contributed by atoms with van der Waals surface area (Å²) >= 11 is 24.1. The zero-order valence-corrected chi connectivity index (χ0v) is 20.3. The van der Waals surface area contributed by atoms with Gasteiger partial charge in [-0.2, -0.15) is 4.72 Å². The number of hydrogen-bond donors (Lipinski definition) is 2. The number of carbonyl (C=O) groups is 1. The summed E-state index contributed by atoms with van der Waals surface area (Å²) in [6, 6.07) is 16.9. The maximum absolute atomic E-state index is 13.0. The summed E-state index contributed by atoms with van der Waals surface area (Å²) in [6.45, 7) is 0.0970. The van der Waals surface area contributed by atoms with Gasteiger partial charge in [0, 0.05) is 21.6 Å². The lowest BCUT2D eigenvalue weighted by atomic mass is 10.1. The van der Waals surface area contributed by atoms with Crippen LogP contribution in [0.15, 0.2) is 71.6 Å². The second kappa shape index (κ2) is 10.9. The van der Waals surface area contributed by atoms with Crippen LogP contribution in [-0.4, -0.2) is 20.4 Å². The van der Waals surface area contributed by atoms with Gasteiger partial charge < -0.3 is 5.32 Å². The summed E-state index contributed by atoms with van der Waals surface area (Å²) in [7, 11) is -4.15. The van der Waals surface area contributed by atoms with Gasteiger partial charge in [-0.1, -0.05) is 82.8 Å². The molecule has 0 bridgehead atoms. The van der Waals surface area contributed by atoms with E-state index in [1.807, 2.05) is 6.07 Å². The molecule has 2 N–H and O–H groups in total. The van der Waals surface area contributed by atoms with Crippen molar-refractivity contribution in [2.24, 2.45) is 0 Å². The van der Waals surface area contributed by atoms with Gasteiger partial charge in [-0.15, -0.1) is 0 Å². The van der Waals surface area contributed by atoms with Crippen molar-refractivity contribution in [2.75, 3.05) is 0 Å². The van der Waals surface area contributed by atoms with Crippen LogP contribution in [0, 0.1) is 0 Å². The van der Waals surface area contributed by atoms with Crippen LogP contribution in [-0.2, 0) is 27.8 Å². The molecule has 0 spiro atoms. The lowest BCUT2D eigenvalue weighted by Crippen LogP contribution is -2.47. The van der Waals surface area contributed by atoms with Crippen LogP contribution in [0.5, 0.6) is 0 Å². The zero-order valence-electron chi connectivity index (χ0n) is 16.5. The highest BCUT2D eigenvalue weighted by atomic mass is 35.5. The van der Waals surface area contributed by atoms with Crippen molar-refractivity contribution >= 4 is 62.3 Å². The first kappa shape index (κ1) is 24.8. The Balaban J connectivity index is 1.84. The summed E-state index contributed by atoms with van der Waals surface area (Å²) in [5.41, 5.74) is 1.42. The molecule has 32 heavy (non-hydrogen) atoms. The van der Waals surface area contributed by atoms with E-state index in [4.69, 9.17) is 46.4 Å². The SMILES string of the molecule is O=C(NCc1ccc(Cl)cc1Cl)[C@H](Cc1ccccc1)NS(=O)(=O)c1cc(Cl)ccc1Cl. The summed E-state index contributed by atoms with van der Waals surface area (Å²) in [5, 5.41) is 3.79. The van der Waals surface area contributed by atoms with E-state index < -0.39 is 22.0 Å². The highest BCUT2D eigenvalue weighted by Crippen LogP contribution is 2.25. The van der Waals surface area contributed by atoms with Gasteiger partial charge in [0.25, 0.3) is 0 Å². The van der Waals surface area contributed by atoms with Crippen LogP contribution >= 0.6 is 46.4 Å². The van der Waals surface area contributed by atoms with E-state index in [2.05, 4.69) is 10.0 Å². The first-order chi connectivity index (χ1) is 15.2. The molecule has 10 heteroatoms. The fourth-order valence-corrected chi connectivity index (χ4v) is 5.38. The van der Waals surface area contributed by atoms with Crippen LogP contribution in [0.3, 0.4) is 0 Å². The molecule has 0 fully saturated rings. The molecule has 0 aliphatic heterocycles. The molecule has 0 aliphatic rings. The standard InChI is InChI=1S/C22H18Cl4N2O3S/c23-16-7-6-15(19(26)11-16)13-27-22(29)20(10-14-4-2-1-3-5-14)28-32(30,31)21-12-17(24)8-9-18(21)25/h1-9,11-12,20,28H,10,13H2,(H,27,29)/t20-/m0/s1. The number of nitrogens with one attached hydrogen (secondary N) is 2. The Labute approximate surface area is 206 Å². The quantitative estimate of drug-likeness (QED) is 0.402. The average Bonchev–Trinajstić information content (AvgIpc) is 2.74. The normalized spacial score (nSPS) is 12.4. The number of hydrogen-bond acceptors (Lipinski definition) is 3. The van der Waals surface area contributed by atoms with Crippen molar-refractivity contribution in [3.8, 4) is 0 Å². The molecule has 0 aliphatic carbocycles. The van der Waals surface area contributed by atoms with Gasteiger partial charge in [-0.05, 0) is 47.9 Å². The third-order valence-electron chi connectivity index (χ3n) is 4.55. The van der Waals surface area contributed by atoms with Crippen molar-refractivity contribution in [2.45, 2.75) is 23.9 Å². The summed E-state index contributed by atoms with van der Waals surface area (Å²) in [4.78, 5) is 12.8. The molecule has 0 aromatic heterocycles. The highest BCUT2D eigenvalue weighted by Gasteiger charge is 2.28. The van der Waals surface area contributed by atoms with Crippen molar-refractivity contribution in [1.29, 1.82) is 0 Å². The van der Waals surface area contributed by atoms with Gasteiger partial charge in [0.15, 0.2) is 0 Å². The molecule has 5 nitrogen and oxygen atoms in total. The van der Waals surface area contributed by atoms with Crippen molar-refractivity contribution in [3.05, 3.63) is 97.9 Å². The van der Waals surface area contributed by atoms with Crippen molar-refractivity contribution in [3.63, 3.8) is 0 Å². The second-order valence-electron chi connectivity index (χ2n) is 6.89. The molecule has 0 radical (unpaired) electrons. The van der Waals surface area contributed by atoms with Crippen LogP contribution in [0.1, 0.15) is 11.1 Å². The summed E-state index contributed by atoms with van der Waals surface area (Å²) in [6.07, 6.45) is 0.123. The Morgan fingerprint density at radius 3 is 2.19 bits per heavy atom. The molecule has 0 saturated heterocycles. The zero-order chi connectivity index (χ0) is 23.3. The average molecular weight is 532 g/mol. The lowest BCUT2D eigenvalue weighted by Gasteiger charge is -2.19. The largest absolute Gasteiger partial charge is 0.351 e. The third kappa shape index (κ3) is 6.61. The van der Waals surface area contributed by atoms with E-state index in [1.54, 1.807) is 42.5 Å². The van der Waals surface area contributed by atoms with Crippen LogP contribution in [0.4, 0.5) is 0 Å². The number of benzene rings is 3. The Morgan fingerprint density at radius 2 is 1.50 bits per heavy atom. The van der Waals surface area contributed by atoms with Gasteiger partial charge in [-0.3, -0.25) is 4.79 Å². The van der Waals surface area contributed by atoms with Gasteiger partial charge >= 0.3 is 0 Å². The molecular formula is C22H18Cl4N2O3S. The number of amides is 1. The Kier molecular flexibility index (Phi) is 8.44. The summed E-state index contributed by atoms with van der Waals surface area (Å²) in [5.74, 6) is -0.526. The highest BCUT2D eigenvalue weighted by molar-refractivity contribution is 7.89. The number of carbonyl (C=O) groups excluding carboxylic acids is 1. The van der Waals surface area contributed by atoms with Crippen LogP contribution in [0.25, 0.3) is 0 Å². The minimum atomic E-state index is -4.15.